The van der Waals surface area contributed by atoms with Crippen molar-refractivity contribution in [1.29, 1.82) is 0 Å². The Kier molecular flexibility index (Phi) is 4.93. The molecule has 3 rings (SSSR count). The number of benzene rings is 2. The van der Waals surface area contributed by atoms with Gasteiger partial charge in [0.05, 0.1) is 19.4 Å². The van der Waals surface area contributed by atoms with E-state index in [0.29, 0.717) is 13.2 Å². The molecule has 0 amide bonds. The summed E-state index contributed by atoms with van der Waals surface area (Å²) in [6, 6.07) is 11.8. The van der Waals surface area contributed by atoms with E-state index in [4.69, 9.17) is 13.5 Å². The molecule has 0 fully saturated rings. The van der Waals surface area contributed by atoms with Crippen LogP contribution in [0, 0.1) is 0 Å². The van der Waals surface area contributed by atoms with Gasteiger partial charge in [-0.1, -0.05) is 28.1 Å². The Morgan fingerprint density at radius 1 is 1.00 bits per heavy atom. The third kappa shape index (κ3) is 3.53. The van der Waals surface area contributed by atoms with Gasteiger partial charge in [0.25, 0.3) is 0 Å². The molecule has 6 heteroatoms. The van der Waals surface area contributed by atoms with Crippen LogP contribution in [-0.2, 0) is 19.8 Å². The highest BCUT2D eigenvalue weighted by Gasteiger charge is 2.24. The Morgan fingerprint density at radius 3 is 2.26 bits per heavy atom. The van der Waals surface area contributed by atoms with Crippen molar-refractivity contribution in [1.82, 2.24) is 0 Å². The fourth-order valence-electron chi connectivity index (χ4n) is 2.64. The van der Waals surface area contributed by atoms with Gasteiger partial charge in [0, 0.05) is 15.2 Å². The maximum Gasteiger partial charge on any atom is 0.335 e. The van der Waals surface area contributed by atoms with Gasteiger partial charge in [0.15, 0.2) is 0 Å². The van der Waals surface area contributed by atoms with Gasteiger partial charge in [0.1, 0.15) is 11.2 Å². The SMILES string of the molecule is CCOP(=O)(Cc1ccc2c(c1)oc1cc(Br)ccc12)OCC. The standard InChI is InChI=1S/C17H18BrO4P/c1-3-20-23(19,21-4-2)11-12-5-7-14-15-8-6-13(18)10-17(15)22-16(14)9-12/h5-10H,3-4,11H2,1-2H3. The van der Waals surface area contributed by atoms with Crippen LogP contribution in [0.3, 0.4) is 0 Å². The molecule has 0 saturated heterocycles. The van der Waals surface area contributed by atoms with Crippen molar-refractivity contribution < 1.29 is 18.0 Å². The molecule has 0 aliphatic heterocycles. The van der Waals surface area contributed by atoms with E-state index in [0.717, 1.165) is 32.0 Å². The summed E-state index contributed by atoms with van der Waals surface area (Å²) in [5, 5.41) is 2.10. The average Bonchev–Trinajstić information content (AvgIpc) is 2.83. The molecule has 2 aromatic carbocycles. The molecule has 0 spiro atoms. The molecule has 122 valence electrons. The lowest BCUT2D eigenvalue weighted by molar-refractivity contribution is 0.219. The Bertz CT molecular complexity index is 877. The molecule has 0 bridgehead atoms. The largest absolute Gasteiger partial charge is 0.456 e. The smallest absolute Gasteiger partial charge is 0.335 e. The normalized spacial score (nSPS) is 12.3. The maximum absolute atomic E-state index is 12.7. The summed E-state index contributed by atoms with van der Waals surface area (Å²) >= 11 is 3.45. The summed E-state index contributed by atoms with van der Waals surface area (Å²) in [5.74, 6) is 0. The number of hydrogen-bond acceptors (Lipinski definition) is 4. The van der Waals surface area contributed by atoms with E-state index in [-0.39, 0.29) is 6.16 Å². The van der Waals surface area contributed by atoms with Crippen molar-refractivity contribution >= 4 is 45.5 Å². The zero-order valence-electron chi connectivity index (χ0n) is 13.0. The van der Waals surface area contributed by atoms with Crippen LogP contribution in [0.2, 0.25) is 0 Å². The number of halogens is 1. The lowest BCUT2D eigenvalue weighted by atomic mass is 10.1. The molecule has 0 atom stereocenters. The van der Waals surface area contributed by atoms with Crippen LogP contribution in [0.1, 0.15) is 19.4 Å². The monoisotopic (exact) mass is 396 g/mol. The van der Waals surface area contributed by atoms with Gasteiger partial charge in [-0.3, -0.25) is 4.57 Å². The van der Waals surface area contributed by atoms with E-state index in [2.05, 4.69) is 15.9 Å². The second kappa shape index (κ2) is 6.78. The van der Waals surface area contributed by atoms with Crippen LogP contribution in [0.4, 0.5) is 0 Å². The zero-order chi connectivity index (χ0) is 16.4. The predicted molar refractivity (Wildman–Crippen MR) is 96.0 cm³/mol. The molecule has 1 aromatic heterocycles. The van der Waals surface area contributed by atoms with Crippen LogP contribution in [0.25, 0.3) is 21.9 Å². The van der Waals surface area contributed by atoms with Crippen molar-refractivity contribution in [3.05, 3.63) is 46.4 Å². The van der Waals surface area contributed by atoms with Gasteiger partial charge in [-0.15, -0.1) is 0 Å². The second-order valence-corrected chi connectivity index (χ2v) is 8.15. The topological polar surface area (TPSA) is 48.7 Å². The quantitative estimate of drug-likeness (QED) is 0.471. The van der Waals surface area contributed by atoms with Gasteiger partial charge in [-0.05, 0) is 43.7 Å². The van der Waals surface area contributed by atoms with Gasteiger partial charge in [0.2, 0.25) is 0 Å². The number of rotatable bonds is 6. The first kappa shape index (κ1) is 16.7. The van der Waals surface area contributed by atoms with E-state index in [1.165, 1.54) is 0 Å². The molecular formula is C17H18BrO4P. The van der Waals surface area contributed by atoms with Crippen molar-refractivity contribution in [3.63, 3.8) is 0 Å². The van der Waals surface area contributed by atoms with Crippen molar-refractivity contribution in [2.45, 2.75) is 20.0 Å². The minimum absolute atomic E-state index is 0.241. The van der Waals surface area contributed by atoms with Crippen molar-refractivity contribution in [3.8, 4) is 0 Å². The number of furan rings is 1. The number of hydrogen-bond donors (Lipinski definition) is 0. The molecule has 0 unspecified atom stereocenters. The molecule has 1 heterocycles. The third-order valence-corrected chi connectivity index (χ3v) is 6.08. The van der Waals surface area contributed by atoms with Gasteiger partial charge < -0.3 is 13.5 Å². The van der Waals surface area contributed by atoms with Gasteiger partial charge >= 0.3 is 7.60 Å². The molecule has 0 radical (unpaired) electrons. The lowest BCUT2D eigenvalue weighted by Crippen LogP contribution is -1.98. The molecule has 0 N–H and O–H groups in total. The zero-order valence-corrected chi connectivity index (χ0v) is 15.5. The van der Waals surface area contributed by atoms with Crippen LogP contribution in [0.15, 0.2) is 45.3 Å². The molecular weight excluding hydrogens is 379 g/mol. The van der Waals surface area contributed by atoms with Gasteiger partial charge in [-0.25, -0.2) is 0 Å². The Balaban J connectivity index is 1.99. The number of fused-ring (bicyclic) bond motifs is 3. The first-order chi connectivity index (χ1) is 11.0. The Morgan fingerprint density at radius 2 is 1.61 bits per heavy atom. The van der Waals surface area contributed by atoms with Crippen molar-refractivity contribution in [2.24, 2.45) is 0 Å². The molecule has 3 aromatic rings. The summed E-state index contributed by atoms with van der Waals surface area (Å²) in [4.78, 5) is 0. The van der Waals surface area contributed by atoms with E-state index >= 15 is 0 Å². The summed E-state index contributed by atoms with van der Waals surface area (Å²) < 4.78 is 30.2. The summed E-state index contributed by atoms with van der Waals surface area (Å²) in [5.41, 5.74) is 2.47. The molecule has 23 heavy (non-hydrogen) atoms. The van der Waals surface area contributed by atoms with Crippen LogP contribution < -0.4 is 0 Å². The minimum atomic E-state index is -3.11. The highest BCUT2D eigenvalue weighted by Crippen LogP contribution is 2.51. The van der Waals surface area contributed by atoms with E-state index in [1.54, 1.807) is 0 Å². The second-order valence-electron chi connectivity index (χ2n) is 5.18. The fourth-order valence-corrected chi connectivity index (χ4v) is 4.67. The van der Waals surface area contributed by atoms with E-state index in [9.17, 15) is 4.57 Å². The van der Waals surface area contributed by atoms with Crippen molar-refractivity contribution in [2.75, 3.05) is 13.2 Å². The molecule has 0 aliphatic rings. The van der Waals surface area contributed by atoms with E-state index in [1.807, 2.05) is 50.2 Å². The van der Waals surface area contributed by atoms with Crippen LogP contribution >= 0.6 is 23.5 Å². The molecule has 0 saturated carbocycles. The highest BCUT2D eigenvalue weighted by molar-refractivity contribution is 9.10. The average molecular weight is 397 g/mol. The van der Waals surface area contributed by atoms with E-state index < -0.39 is 7.60 Å². The maximum atomic E-state index is 12.7. The summed E-state index contributed by atoms with van der Waals surface area (Å²) in [7, 11) is -3.11. The summed E-state index contributed by atoms with van der Waals surface area (Å²) in [6.45, 7) is 4.34. The van der Waals surface area contributed by atoms with Crippen LogP contribution in [-0.4, -0.2) is 13.2 Å². The van der Waals surface area contributed by atoms with Crippen LogP contribution in [0.5, 0.6) is 0 Å². The highest BCUT2D eigenvalue weighted by atomic mass is 79.9. The summed E-state index contributed by atoms with van der Waals surface area (Å²) in [6.07, 6.45) is 0.241. The lowest BCUT2D eigenvalue weighted by Gasteiger charge is -2.16. The third-order valence-electron chi connectivity index (χ3n) is 3.53. The predicted octanol–water partition coefficient (Wildman–Crippen LogP) is 6.11. The Hall–Kier alpha value is -1.13. The first-order valence-corrected chi connectivity index (χ1v) is 10.1. The molecule has 4 nitrogen and oxygen atoms in total. The minimum Gasteiger partial charge on any atom is -0.456 e. The molecule has 0 aliphatic carbocycles. The van der Waals surface area contributed by atoms with Gasteiger partial charge in [-0.2, -0.15) is 0 Å². The fraction of sp³-hybridized carbons (Fsp3) is 0.294. The Labute approximate surface area is 143 Å². The first-order valence-electron chi connectivity index (χ1n) is 7.53.